The van der Waals surface area contributed by atoms with Crippen LogP contribution in [0.4, 0.5) is 4.79 Å². The maximum Gasteiger partial charge on any atom is 0.410 e. The van der Waals surface area contributed by atoms with Gasteiger partial charge in [-0.15, -0.1) is 11.3 Å². The lowest BCUT2D eigenvalue weighted by Gasteiger charge is -2.26. The Morgan fingerprint density at radius 1 is 1.45 bits per heavy atom. The summed E-state index contributed by atoms with van der Waals surface area (Å²) in [5.41, 5.74) is -0.452. The van der Waals surface area contributed by atoms with E-state index in [4.69, 9.17) is 4.74 Å². The van der Waals surface area contributed by atoms with E-state index in [1.165, 1.54) is 4.88 Å². The molecule has 1 unspecified atom stereocenters. The van der Waals surface area contributed by atoms with Gasteiger partial charge >= 0.3 is 6.09 Å². The fourth-order valence-electron chi connectivity index (χ4n) is 1.87. The summed E-state index contributed by atoms with van der Waals surface area (Å²) in [6.45, 7) is 10.1. The quantitative estimate of drug-likeness (QED) is 0.665. The molecule has 0 radical (unpaired) electrons. The van der Waals surface area contributed by atoms with Gasteiger partial charge in [-0.25, -0.2) is 4.79 Å². The molecule has 1 atom stereocenters. The number of carbonyl (C=O) groups is 1. The summed E-state index contributed by atoms with van der Waals surface area (Å²) in [5, 5.41) is 3.42. The van der Waals surface area contributed by atoms with E-state index in [-0.39, 0.29) is 6.09 Å². The van der Waals surface area contributed by atoms with Gasteiger partial charge in [0.05, 0.1) is 3.79 Å². The van der Waals surface area contributed by atoms with Gasteiger partial charge in [0.25, 0.3) is 0 Å². The molecule has 0 saturated heterocycles. The zero-order valence-corrected chi connectivity index (χ0v) is 17.7. The Morgan fingerprint density at radius 2 is 2.09 bits per heavy atom. The third-order valence-electron chi connectivity index (χ3n) is 2.78. The summed E-state index contributed by atoms with van der Waals surface area (Å²) in [4.78, 5) is 14.8. The van der Waals surface area contributed by atoms with Crippen molar-refractivity contribution in [2.75, 3.05) is 20.1 Å². The molecule has 1 heterocycles. The van der Waals surface area contributed by atoms with Crippen LogP contribution in [0.2, 0.25) is 0 Å². The first-order chi connectivity index (χ1) is 10.1. The van der Waals surface area contributed by atoms with Crippen molar-refractivity contribution in [3.05, 3.63) is 19.2 Å². The first-order valence-corrected chi connectivity index (χ1v) is 9.57. The summed E-state index contributed by atoms with van der Waals surface area (Å²) in [5.74, 6) is 0.351. The molecule has 0 aliphatic heterocycles. The molecule has 0 aliphatic carbocycles. The maximum absolute atomic E-state index is 11.9. The number of nitrogens with zero attached hydrogens (tertiary/aromatic N) is 1. The molecule has 4 nitrogen and oxygen atoms in total. The van der Waals surface area contributed by atoms with Crippen LogP contribution in [0, 0.1) is 5.92 Å². The van der Waals surface area contributed by atoms with Crippen molar-refractivity contribution >= 4 is 49.3 Å². The van der Waals surface area contributed by atoms with Gasteiger partial charge in [-0.2, -0.15) is 0 Å². The van der Waals surface area contributed by atoms with Crippen LogP contribution in [0.3, 0.4) is 0 Å². The first kappa shape index (κ1) is 19.9. The van der Waals surface area contributed by atoms with Gasteiger partial charge in [-0.1, -0.05) is 6.92 Å². The van der Waals surface area contributed by atoms with Crippen molar-refractivity contribution in [1.82, 2.24) is 10.2 Å². The van der Waals surface area contributed by atoms with Crippen molar-refractivity contribution < 1.29 is 9.53 Å². The monoisotopic (exact) mass is 454 g/mol. The molecule has 1 N–H and O–H groups in total. The number of rotatable bonds is 6. The molecule has 1 aromatic heterocycles. The van der Waals surface area contributed by atoms with Crippen LogP contribution in [-0.2, 0) is 11.3 Å². The Balaban J connectivity index is 2.30. The number of halogens is 2. The van der Waals surface area contributed by atoms with Gasteiger partial charge in [0.2, 0.25) is 0 Å². The summed E-state index contributed by atoms with van der Waals surface area (Å²) in [6, 6.07) is 2.11. The highest BCUT2D eigenvalue weighted by Gasteiger charge is 2.20. The lowest BCUT2D eigenvalue weighted by Crippen LogP contribution is -2.38. The van der Waals surface area contributed by atoms with Gasteiger partial charge in [0.1, 0.15) is 5.60 Å². The second-order valence-electron chi connectivity index (χ2n) is 6.43. The average Bonchev–Trinajstić information content (AvgIpc) is 2.66. The predicted octanol–water partition coefficient (Wildman–Crippen LogP) is 4.87. The van der Waals surface area contributed by atoms with Gasteiger partial charge < -0.3 is 15.0 Å². The second kappa shape index (κ2) is 8.66. The first-order valence-electron chi connectivity index (χ1n) is 7.17. The van der Waals surface area contributed by atoms with Crippen molar-refractivity contribution in [2.24, 2.45) is 5.92 Å². The largest absolute Gasteiger partial charge is 0.444 e. The SMILES string of the molecule is CC(CNCc1cc(Br)c(Br)s1)CN(C)C(=O)OC(C)(C)C. The van der Waals surface area contributed by atoms with Gasteiger partial charge in [-0.3, -0.25) is 0 Å². The summed E-state index contributed by atoms with van der Waals surface area (Å²) in [7, 11) is 1.78. The molecule has 0 fully saturated rings. The number of thiophene rings is 1. The van der Waals surface area contributed by atoms with E-state index in [1.54, 1.807) is 23.3 Å². The van der Waals surface area contributed by atoms with Crippen LogP contribution in [0.5, 0.6) is 0 Å². The standard InChI is InChI=1S/C15H24Br2N2O2S/c1-10(9-19(5)14(20)21-15(2,3)4)7-18-8-11-6-12(16)13(17)22-11/h6,10,18H,7-9H2,1-5H3. The molecule has 1 aromatic rings. The molecule has 0 bridgehead atoms. The number of ether oxygens (including phenoxy) is 1. The molecule has 7 heteroatoms. The van der Waals surface area contributed by atoms with E-state index in [0.29, 0.717) is 12.5 Å². The topological polar surface area (TPSA) is 41.6 Å². The fraction of sp³-hybridized carbons (Fsp3) is 0.667. The van der Waals surface area contributed by atoms with Gasteiger partial charge in [0, 0.05) is 29.5 Å². The number of carbonyl (C=O) groups excluding carboxylic acids is 1. The van der Waals surface area contributed by atoms with Gasteiger partial charge in [0.15, 0.2) is 0 Å². The number of nitrogens with one attached hydrogen (secondary N) is 1. The molecule has 0 saturated carbocycles. The number of hydrogen-bond donors (Lipinski definition) is 1. The minimum atomic E-state index is -0.452. The third kappa shape index (κ3) is 7.44. The number of hydrogen-bond acceptors (Lipinski definition) is 4. The predicted molar refractivity (Wildman–Crippen MR) is 99.5 cm³/mol. The average molecular weight is 456 g/mol. The lowest BCUT2D eigenvalue weighted by atomic mass is 10.1. The highest BCUT2D eigenvalue weighted by Crippen LogP contribution is 2.32. The smallest absolute Gasteiger partial charge is 0.410 e. The van der Waals surface area contributed by atoms with Crippen molar-refractivity contribution in [1.29, 1.82) is 0 Å². The van der Waals surface area contributed by atoms with E-state index in [0.717, 1.165) is 21.3 Å². The Hall–Kier alpha value is -0.110. The summed E-state index contributed by atoms with van der Waals surface area (Å²) in [6.07, 6.45) is -0.273. The molecular formula is C15H24Br2N2O2S. The molecule has 22 heavy (non-hydrogen) atoms. The number of amides is 1. The third-order valence-corrected chi connectivity index (χ3v) is 6.04. The fourth-order valence-corrected chi connectivity index (χ4v) is 4.01. The Labute approximate surface area is 153 Å². The Kier molecular flexibility index (Phi) is 7.85. The minimum absolute atomic E-state index is 0.273. The normalized spacial score (nSPS) is 13.0. The minimum Gasteiger partial charge on any atom is -0.444 e. The van der Waals surface area contributed by atoms with Crippen molar-refractivity contribution in [3.8, 4) is 0 Å². The summed E-state index contributed by atoms with van der Waals surface area (Å²) < 4.78 is 7.55. The van der Waals surface area contributed by atoms with E-state index >= 15 is 0 Å². The highest BCUT2D eigenvalue weighted by molar-refractivity contribution is 9.13. The molecule has 0 spiro atoms. The summed E-state index contributed by atoms with van der Waals surface area (Å²) >= 11 is 8.70. The van der Waals surface area contributed by atoms with Crippen LogP contribution in [-0.4, -0.2) is 36.7 Å². The zero-order chi connectivity index (χ0) is 16.9. The second-order valence-corrected chi connectivity index (χ2v) is 9.74. The van der Waals surface area contributed by atoms with Crippen LogP contribution >= 0.6 is 43.2 Å². The molecule has 1 rings (SSSR count). The van der Waals surface area contributed by atoms with Crippen molar-refractivity contribution in [3.63, 3.8) is 0 Å². The molecule has 126 valence electrons. The zero-order valence-electron chi connectivity index (χ0n) is 13.7. The van der Waals surface area contributed by atoms with E-state index in [9.17, 15) is 4.79 Å². The van der Waals surface area contributed by atoms with E-state index in [2.05, 4.69) is 50.2 Å². The molecular weight excluding hydrogens is 432 g/mol. The van der Waals surface area contributed by atoms with Crippen molar-refractivity contribution in [2.45, 2.75) is 39.8 Å². The Morgan fingerprint density at radius 3 is 2.59 bits per heavy atom. The van der Waals surface area contributed by atoms with E-state index < -0.39 is 5.60 Å². The molecule has 0 aromatic carbocycles. The van der Waals surface area contributed by atoms with Crippen LogP contribution < -0.4 is 5.32 Å². The highest BCUT2D eigenvalue weighted by atomic mass is 79.9. The Bertz CT molecular complexity index is 481. The van der Waals surface area contributed by atoms with E-state index in [1.807, 2.05) is 20.8 Å². The van der Waals surface area contributed by atoms with Crippen LogP contribution in [0.15, 0.2) is 14.3 Å². The van der Waals surface area contributed by atoms with Crippen LogP contribution in [0.1, 0.15) is 32.6 Å². The van der Waals surface area contributed by atoms with Crippen LogP contribution in [0.25, 0.3) is 0 Å². The molecule has 1 amide bonds. The van der Waals surface area contributed by atoms with Gasteiger partial charge in [-0.05, 0) is 71.2 Å². The lowest BCUT2D eigenvalue weighted by molar-refractivity contribution is 0.0277. The molecule has 0 aliphatic rings. The maximum atomic E-state index is 11.9.